The Labute approximate surface area is 271 Å². The molecule has 1 aliphatic rings. The quantitative estimate of drug-likeness (QED) is 0.0828. The van der Waals surface area contributed by atoms with Crippen molar-refractivity contribution in [2.24, 2.45) is 4.99 Å². The molecule has 1 heterocycles. The molecule has 0 aromatic heterocycles. The highest BCUT2D eigenvalue weighted by Crippen LogP contribution is 2.34. The predicted molar refractivity (Wildman–Crippen MR) is 160 cm³/mol. The van der Waals surface area contributed by atoms with E-state index in [-0.39, 0.29) is 24.5 Å². The van der Waals surface area contributed by atoms with Crippen molar-refractivity contribution in [1.82, 2.24) is 5.32 Å². The third-order valence-electron chi connectivity index (χ3n) is 6.08. The van der Waals surface area contributed by atoms with Gasteiger partial charge in [0.05, 0.1) is 46.2 Å². The summed E-state index contributed by atoms with van der Waals surface area (Å²) in [6.07, 6.45) is -7.15. The fourth-order valence-corrected chi connectivity index (χ4v) is 4.18. The molecule has 2 rings (SSSR count). The van der Waals surface area contributed by atoms with Gasteiger partial charge in [0, 0.05) is 39.8 Å². The fourth-order valence-electron chi connectivity index (χ4n) is 4.18. The molecule has 0 spiro atoms. The molecule has 17 heteroatoms. The van der Waals surface area contributed by atoms with Crippen LogP contribution in [0.3, 0.4) is 0 Å². The average molecular weight is 671 g/mol. The third kappa shape index (κ3) is 14.3. The van der Waals surface area contributed by atoms with Gasteiger partial charge in [-0.15, -0.1) is 0 Å². The Morgan fingerprint density at radius 3 is 1.96 bits per heavy atom. The predicted octanol–water partition coefficient (Wildman–Crippen LogP) is 0.334. The molecular formula is C30H42N2O15. The van der Waals surface area contributed by atoms with E-state index in [4.69, 9.17) is 42.6 Å². The van der Waals surface area contributed by atoms with Crippen molar-refractivity contribution in [3.05, 3.63) is 23.8 Å². The van der Waals surface area contributed by atoms with Gasteiger partial charge in [-0.3, -0.25) is 29.0 Å². The van der Waals surface area contributed by atoms with Crippen LogP contribution in [0, 0.1) is 0 Å². The van der Waals surface area contributed by atoms with Gasteiger partial charge in [0.15, 0.2) is 23.7 Å². The van der Waals surface area contributed by atoms with Crippen LogP contribution in [-0.2, 0) is 57.1 Å². The van der Waals surface area contributed by atoms with Crippen LogP contribution in [0.2, 0.25) is 0 Å². The molecule has 47 heavy (non-hydrogen) atoms. The zero-order chi connectivity index (χ0) is 34.8. The van der Waals surface area contributed by atoms with Crippen molar-refractivity contribution in [2.75, 3.05) is 59.3 Å². The molecule has 1 aliphatic heterocycles. The molecule has 0 bridgehead atoms. The molecule has 1 aromatic carbocycles. The first-order chi connectivity index (χ1) is 22.4. The van der Waals surface area contributed by atoms with E-state index >= 15 is 0 Å². The monoisotopic (exact) mass is 670 g/mol. The SMILES string of the molecule is C=NCCOCCOCCOCCNC(=O)c1ccc(OC2O[C@H](COC(C)=O)[C@H](OC(C)=O)[C@H](OC(C)=O)[C@H]2OC(C)=O)c(O)c1. The second-order valence-electron chi connectivity index (χ2n) is 9.91. The number of amides is 1. The number of carbonyl (C=O) groups is 5. The lowest BCUT2D eigenvalue weighted by Crippen LogP contribution is -2.63. The number of hydrogen-bond donors (Lipinski definition) is 2. The standard InChI is InChI=1S/C30H42N2O15/c1-18(33)42-17-25-26(43-19(2)34)27(44-20(3)35)28(45-21(4)36)30(47-25)46-24-7-6-22(16-23(24)37)29(38)32-9-11-40-13-15-41-14-12-39-10-8-31-5/h6-7,16,25-28,30,37H,5,8-15,17H2,1-4H3,(H,32,38)/t25-,26+,27+,28-,30?/m1/s1. The normalized spacial score (nSPS) is 20.4. The van der Waals surface area contributed by atoms with E-state index in [2.05, 4.69) is 17.0 Å². The Morgan fingerprint density at radius 1 is 0.809 bits per heavy atom. The van der Waals surface area contributed by atoms with Gasteiger partial charge >= 0.3 is 23.9 Å². The highest BCUT2D eigenvalue weighted by Gasteiger charge is 2.53. The molecule has 1 unspecified atom stereocenters. The van der Waals surface area contributed by atoms with Gasteiger partial charge in [-0.1, -0.05) is 0 Å². The lowest BCUT2D eigenvalue weighted by atomic mass is 9.98. The molecule has 1 fully saturated rings. The van der Waals surface area contributed by atoms with Crippen LogP contribution >= 0.6 is 0 Å². The van der Waals surface area contributed by atoms with Gasteiger partial charge < -0.3 is 53.1 Å². The number of phenols is 1. The molecule has 2 N–H and O–H groups in total. The van der Waals surface area contributed by atoms with Crippen LogP contribution in [0.15, 0.2) is 23.2 Å². The molecule has 5 atom stereocenters. The zero-order valence-corrected chi connectivity index (χ0v) is 26.8. The van der Waals surface area contributed by atoms with Gasteiger partial charge in [-0.2, -0.15) is 0 Å². The molecule has 1 aromatic rings. The minimum absolute atomic E-state index is 0.0892. The number of phenolic OH excluding ortho intramolecular Hbond substituents is 1. The third-order valence-corrected chi connectivity index (χ3v) is 6.08. The number of rotatable bonds is 20. The zero-order valence-electron chi connectivity index (χ0n) is 26.8. The lowest BCUT2D eigenvalue weighted by Gasteiger charge is -2.43. The minimum atomic E-state index is -1.57. The highest BCUT2D eigenvalue weighted by atomic mass is 16.7. The van der Waals surface area contributed by atoms with Gasteiger partial charge in [-0.05, 0) is 24.9 Å². The summed E-state index contributed by atoms with van der Waals surface area (Å²) in [6.45, 7) is 10.2. The Hall–Kier alpha value is -4.32. The smallest absolute Gasteiger partial charge is 0.303 e. The van der Waals surface area contributed by atoms with Crippen molar-refractivity contribution in [3.8, 4) is 11.5 Å². The topological polar surface area (TPSA) is 213 Å². The largest absolute Gasteiger partial charge is 0.504 e. The van der Waals surface area contributed by atoms with E-state index in [0.717, 1.165) is 33.8 Å². The molecule has 1 amide bonds. The highest BCUT2D eigenvalue weighted by molar-refractivity contribution is 5.94. The maximum Gasteiger partial charge on any atom is 0.303 e. The number of ether oxygens (including phenoxy) is 9. The van der Waals surface area contributed by atoms with E-state index in [9.17, 15) is 29.1 Å². The summed E-state index contributed by atoms with van der Waals surface area (Å²) < 4.78 is 48.8. The second kappa shape index (κ2) is 20.7. The molecule has 0 saturated carbocycles. The van der Waals surface area contributed by atoms with Crippen molar-refractivity contribution in [3.63, 3.8) is 0 Å². The second-order valence-corrected chi connectivity index (χ2v) is 9.91. The van der Waals surface area contributed by atoms with Crippen LogP contribution in [0.1, 0.15) is 38.1 Å². The first-order valence-electron chi connectivity index (χ1n) is 14.7. The Kier molecular flexibility index (Phi) is 17.1. The summed E-state index contributed by atoms with van der Waals surface area (Å²) >= 11 is 0. The van der Waals surface area contributed by atoms with Crippen molar-refractivity contribution < 1.29 is 71.7 Å². The number of esters is 4. The van der Waals surface area contributed by atoms with E-state index in [1.165, 1.54) is 12.1 Å². The van der Waals surface area contributed by atoms with Gasteiger partial charge in [-0.25, -0.2) is 0 Å². The number of hydrogen-bond acceptors (Lipinski definition) is 16. The summed E-state index contributed by atoms with van der Waals surface area (Å²) in [4.78, 5) is 63.7. The van der Waals surface area contributed by atoms with Crippen molar-refractivity contribution in [2.45, 2.75) is 58.4 Å². The molecule has 262 valence electrons. The van der Waals surface area contributed by atoms with E-state index in [1.807, 2.05) is 0 Å². The first kappa shape index (κ1) is 38.9. The van der Waals surface area contributed by atoms with Crippen LogP contribution in [0.25, 0.3) is 0 Å². The summed E-state index contributed by atoms with van der Waals surface area (Å²) in [5.41, 5.74) is 0.0892. The maximum atomic E-state index is 12.6. The molecular weight excluding hydrogens is 628 g/mol. The summed E-state index contributed by atoms with van der Waals surface area (Å²) in [5, 5.41) is 13.3. The summed E-state index contributed by atoms with van der Waals surface area (Å²) in [6, 6.07) is 3.76. The number of carbonyl (C=O) groups excluding carboxylic acids is 5. The number of benzene rings is 1. The lowest BCUT2D eigenvalue weighted by molar-refractivity contribution is -0.288. The van der Waals surface area contributed by atoms with Crippen LogP contribution in [-0.4, -0.2) is 132 Å². The Bertz CT molecular complexity index is 1210. The molecule has 0 radical (unpaired) electrons. The summed E-state index contributed by atoms with van der Waals surface area (Å²) in [7, 11) is 0. The van der Waals surface area contributed by atoms with Crippen LogP contribution < -0.4 is 10.1 Å². The minimum Gasteiger partial charge on any atom is -0.504 e. The Balaban J connectivity index is 2.04. The van der Waals surface area contributed by atoms with E-state index < -0.39 is 72.8 Å². The van der Waals surface area contributed by atoms with Crippen molar-refractivity contribution in [1.29, 1.82) is 0 Å². The molecule has 17 nitrogen and oxygen atoms in total. The fraction of sp³-hybridized carbons (Fsp3) is 0.600. The Morgan fingerprint density at radius 2 is 1.38 bits per heavy atom. The van der Waals surface area contributed by atoms with Gasteiger partial charge in [0.1, 0.15) is 12.7 Å². The number of aromatic hydroxyl groups is 1. The molecule has 1 saturated heterocycles. The van der Waals surface area contributed by atoms with Crippen molar-refractivity contribution >= 4 is 36.5 Å². The van der Waals surface area contributed by atoms with Crippen LogP contribution in [0.5, 0.6) is 11.5 Å². The van der Waals surface area contributed by atoms with Gasteiger partial charge in [0.25, 0.3) is 5.91 Å². The number of aliphatic imine (C=N–C) groups is 1. The van der Waals surface area contributed by atoms with E-state index in [0.29, 0.717) is 39.6 Å². The maximum absolute atomic E-state index is 12.6. The van der Waals surface area contributed by atoms with Crippen LogP contribution in [0.4, 0.5) is 0 Å². The molecule has 0 aliphatic carbocycles. The first-order valence-corrected chi connectivity index (χ1v) is 14.7. The number of nitrogens with zero attached hydrogens (tertiary/aromatic N) is 1. The summed E-state index contributed by atoms with van der Waals surface area (Å²) in [5.74, 6) is -4.29. The van der Waals surface area contributed by atoms with Gasteiger partial charge in [0.2, 0.25) is 12.4 Å². The number of nitrogens with one attached hydrogen (secondary N) is 1. The van der Waals surface area contributed by atoms with E-state index in [1.54, 1.807) is 0 Å². The average Bonchev–Trinajstić information content (AvgIpc) is 2.99.